The van der Waals surface area contributed by atoms with E-state index in [1.54, 1.807) is 36.6 Å². The van der Waals surface area contributed by atoms with Gasteiger partial charge in [0.05, 0.1) is 12.8 Å². The van der Waals surface area contributed by atoms with E-state index in [4.69, 9.17) is 4.74 Å². The van der Waals surface area contributed by atoms with E-state index in [0.717, 1.165) is 27.6 Å². The average Bonchev–Trinajstić information content (AvgIpc) is 3.30. The molecule has 0 aliphatic heterocycles. The van der Waals surface area contributed by atoms with Crippen LogP contribution in [0.1, 0.15) is 21.6 Å². The largest absolute Gasteiger partial charge is 0.497 e. The third kappa shape index (κ3) is 3.61. The van der Waals surface area contributed by atoms with Gasteiger partial charge in [-0.25, -0.2) is 4.52 Å². The number of ether oxygens (including phenoxy) is 1. The first-order chi connectivity index (χ1) is 13.7. The fraction of sp³-hybridized carbons (Fsp3) is 0.190. The van der Waals surface area contributed by atoms with Crippen molar-refractivity contribution in [2.75, 3.05) is 13.7 Å². The van der Waals surface area contributed by atoms with Gasteiger partial charge in [-0.1, -0.05) is 30.3 Å². The van der Waals surface area contributed by atoms with Gasteiger partial charge in [-0.15, -0.1) is 16.4 Å². The van der Waals surface area contributed by atoms with Crippen LogP contribution in [0.5, 0.6) is 5.75 Å². The Hall–Kier alpha value is -3.19. The van der Waals surface area contributed by atoms with Crippen molar-refractivity contribution in [1.82, 2.24) is 19.9 Å². The van der Waals surface area contributed by atoms with Crippen LogP contribution < -0.4 is 10.1 Å². The van der Waals surface area contributed by atoms with Gasteiger partial charge < -0.3 is 10.1 Å². The normalized spacial score (nSPS) is 10.9. The van der Waals surface area contributed by atoms with Gasteiger partial charge in [0, 0.05) is 29.5 Å². The summed E-state index contributed by atoms with van der Waals surface area (Å²) in [6.45, 7) is 2.57. The first-order valence-electron chi connectivity index (χ1n) is 8.97. The standard InChI is InChI=1S/C21H20N4O2S/c1-14-6-3-4-9-18(14)19-23-21-25(24-19)16(13-28-21)10-11-22-20(26)15-7-5-8-17(12-15)27-2/h3-9,12-13H,10-11H2,1-2H3,(H,22,26). The van der Waals surface area contributed by atoms with Gasteiger partial charge in [-0.05, 0) is 30.7 Å². The molecule has 2 aromatic carbocycles. The summed E-state index contributed by atoms with van der Waals surface area (Å²) in [5.74, 6) is 1.27. The highest BCUT2D eigenvalue weighted by molar-refractivity contribution is 7.15. The number of rotatable bonds is 6. The molecular weight excluding hydrogens is 372 g/mol. The van der Waals surface area contributed by atoms with Gasteiger partial charge in [0.25, 0.3) is 5.91 Å². The molecule has 4 aromatic rings. The first-order valence-corrected chi connectivity index (χ1v) is 9.85. The van der Waals surface area contributed by atoms with Gasteiger partial charge in [-0.2, -0.15) is 4.98 Å². The third-order valence-electron chi connectivity index (χ3n) is 4.53. The van der Waals surface area contributed by atoms with Crippen molar-refractivity contribution in [1.29, 1.82) is 0 Å². The Labute approximate surface area is 166 Å². The number of nitrogens with zero attached hydrogens (tertiary/aromatic N) is 3. The van der Waals surface area contributed by atoms with Crippen LogP contribution in [-0.2, 0) is 6.42 Å². The number of thiazole rings is 1. The maximum Gasteiger partial charge on any atom is 0.251 e. The summed E-state index contributed by atoms with van der Waals surface area (Å²) in [4.78, 5) is 17.8. The molecule has 2 aromatic heterocycles. The van der Waals surface area contributed by atoms with Crippen LogP contribution in [0.15, 0.2) is 53.9 Å². The molecule has 4 rings (SSSR count). The van der Waals surface area contributed by atoms with E-state index in [-0.39, 0.29) is 5.91 Å². The van der Waals surface area contributed by atoms with Crippen LogP contribution in [0.25, 0.3) is 16.3 Å². The fourth-order valence-corrected chi connectivity index (χ4v) is 3.86. The Morgan fingerprint density at radius 2 is 2.07 bits per heavy atom. The summed E-state index contributed by atoms with van der Waals surface area (Å²) in [6.07, 6.45) is 0.673. The number of methoxy groups -OCH3 is 1. The van der Waals surface area contributed by atoms with E-state index in [0.29, 0.717) is 24.3 Å². The van der Waals surface area contributed by atoms with Crippen LogP contribution in [-0.4, -0.2) is 34.2 Å². The fourth-order valence-electron chi connectivity index (χ4n) is 3.00. The molecule has 1 amide bonds. The molecule has 0 spiro atoms. The lowest BCUT2D eigenvalue weighted by atomic mass is 10.1. The lowest BCUT2D eigenvalue weighted by Crippen LogP contribution is -2.26. The molecule has 0 radical (unpaired) electrons. The van der Waals surface area contributed by atoms with E-state index in [9.17, 15) is 4.79 Å². The van der Waals surface area contributed by atoms with Gasteiger partial charge in [0.1, 0.15) is 5.75 Å². The Morgan fingerprint density at radius 3 is 2.89 bits per heavy atom. The molecule has 0 atom stereocenters. The molecule has 0 bridgehead atoms. The number of aromatic nitrogens is 3. The summed E-state index contributed by atoms with van der Waals surface area (Å²) >= 11 is 1.56. The van der Waals surface area contributed by atoms with Crippen molar-refractivity contribution in [3.8, 4) is 17.1 Å². The number of carbonyl (C=O) groups is 1. The van der Waals surface area contributed by atoms with Gasteiger partial charge in [0.15, 0.2) is 5.82 Å². The van der Waals surface area contributed by atoms with E-state index in [1.807, 2.05) is 34.2 Å². The lowest BCUT2D eigenvalue weighted by molar-refractivity contribution is 0.0953. The third-order valence-corrected chi connectivity index (χ3v) is 5.40. The van der Waals surface area contributed by atoms with Gasteiger partial charge in [-0.3, -0.25) is 4.79 Å². The van der Waals surface area contributed by atoms with Crippen molar-refractivity contribution in [3.63, 3.8) is 0 Å². The topological polar surface area (TPSA) is 68.5 Å². The molecule has 0 aliphatic rings. The van der Waals surface area contributed by atoms with Crippen molar-refractivity contribution in [3.05, 3.63) is 70.7 Å². The molecule has 2 heterocycles. The molecule has 6 nitrogen and oxygen atoms in total. The number of hydrogen-bond donors (Lipinski definition) is 1. The zero-order valence-electron chi connectivity index (χ0n) is 15.7. The van der Waals surface area contributed by atoms with Crippen LogP contribution in [0, 0.1) is 6.92 Å². The van der Waals surface area contributed by atoms with Crippen LogP contribution in [0.4, 0.5) is 0 Å². The number of fused-ring (bicyclic) bond motifs is 1. The van der Waals surface area contributed by atoms with E-state index in [1.165, 1.54) is 0 Å². The van der Waals surface area contributed by atoms with E-state index < -0.39 is 0 Å². The highest BCUT2D eigenvalue weighted by Crippen LogP contribution is 2.23. The Bertz CT molecular complexity index is 1130. The number of amides is 1. The smallest absolute Gasteiger partial charge is 0.251 e. The molecule has 7 heteroatoms. The van der Waals surface area contributed by atoms with Crippen LogP contribution in [0.3, 0.4) is 0 Å². The second-order valence-electron chi connectivity index (χ2n) is 6.41. The summed E-state index contributed by atoms with van der Waals surface area (Å²) in [6, 6.07) is 15.2. The Kier molecular flexibility index (Phi) is 5.08. The zero-order chi connectivity index (χ0) is 19.5. The minimum Gasteiger partial charge on any atom is -0.497 e. The Balaban J connectivity index is 1.45. The molecule has 142 valence electrons. The molecule has 0 aliphatic carbocycles. The lowest BCUT2D eigenvalue weighted by Gasteiger charge is -2.06. The highest BCUT2D eigenvalue weighted by atomic mass is 32.1. The van der Waals surface area contributed by atoms with Gasteiger partial charge >= 0.3 is 0 Å². The van der Waals surface area contributed by atoms with Crippen molar-refractivity contribution in [2.45, 2.75) is 13.3 Å². The molecular formula is C21H20N4O2S. The minimum absolute atomic E-state index is 0.121. The summed E-state index contributed by atoms with van der Waals surface area (Å²) in [5.41, 5.74) is 3.79. The molecule has 0 saturated carbocycles. The predicted molar refractivity (Wildman–Crippen MR) is 110 cm³/mol. The Morgan fingerprint density at radius 1 is 1.21 bits per heavy atom. The second-order valence-corrected chi connectivity index (χ2v) is 7.25. The van der Waals surface area contributed by atoms with Crippen LogP contribution >= 0.6 is 11.3 Å². The molecule has 0 fully saturated rings. The van der Waals surface area contributed by atoms with Crippen molar-refractivity contribution in [2.24, 2.45) is 0 Å². The molecule has 28 heavy (non-hydrogen) atoms. The maximum absolute atomic E-state index is 12.3. The van der Waals surface area contributed by atoms with Crippen molar-refractivity contribution < 1.29 is 9.53 Å². The first kappa shape index (κ1) is 18.2. The summed E-state index contributed by atoms with van der Waals surface area (Å²) in [5, 5.41) is 9.65. The van der Waals surface area contributed by atoms with Crippen LogP contribution in [0.2, 0.25) is 0 Å². The SMILES string of the molecule is COc1cccc(C(=O)NCCc2csc3nc(-c4ccccc4C)nn23)c1. The number of nitrogens with one attached hydrogen (secondary N) is 1. The maximum atomic E-state index is 12.3. The summed E-state index contributed by atoms with van der Waals surface area (Å²) < 4.78 is 7.03. The monoisotopic (exact) mass is 392 g/mol. The van der Waals surface area contributed by atoms with E-state index >= 15 is 0 Å². The highest BCUT2D eigenvalue weighted by Gasteiger charge is 2.13. The minimum atomic E-state index is -0.121. The van der Waals surface area contributed by atoms with Crippen molar-refractivity contribution >= 4 is 22.2 Å². The molecule has 1 N–H and O–H groups in total. The van der Waals surface area contributed by atoms with E-state index in [2.05, 4.69) is 28.4 Å². The second kappa shape index (κ2) is 7.82. The quantitative estimate of drug-likeness (QED) is 0.543. The average molecular weight is 392 g/mol. The predicted octanol–water partition coefficient (Wildman–Crippen LogP) is 3.75. The zero-order valence-corrected chi connectivity index (χ0v) is 16.5. The summed E-state index contributed by atoms with van der Waals surface area (Å²) in [7, 11) is 1.59. The van der Waals surface area contributed by atoms with Gasteiger partial charge in [0.2, 0.25) is 4.96 Å². The number of aryl methyl sites for hydroxylation is 1. The number of hydrogen-bond acceptors (Lipinski definition) is 5. The number of benzene rings is 2. The number of carbonyl (C=O) groups excluding carboxylic acids is 1. The molecule has 0 saturated heterocycles. The molecule has 0 unspecified atom stereocenters.